The molecule has 0 aliphatic heterocycles. The standard InChI is InChI=1S/C21H31N3O2S2/c1-5-11-24-20(26)18-15-7-6-8-16(15)28-19(18)23-21(24)27-12-17(25)22-14(4)10-9-13(2)3/h13-14H,5-12H2,1-4H3,(H,22,25). The van der Waals surface area contributed by atoms with Crippen LogP contribution in [0.2, 0.25) is 0 Å². The number of thiophene rings is 1. The van der Waals surface area contributed by atoms with Gasteiger partial charge in [0.2, 0.25) is 5.91 Å². The first-order valence-corrected chi connectivity index (χ1v) is 12.2. The van der Waals surface area contributed by atoms with Crippen molar-refractivity contribution in [1.29, 1.82) is 0 Å². The van der Waals surface area contributed by atoms with Gasteiger partial charge < -0.3 is 5.32 Å². The van der Waals surface area contributed by atoms with Crippen molar-refractivity contribution in [3.8, 4) is 0 Å². The lowest BCUT2D eigenvalue weighted by molar-refractivity contribution is -0.119. The van der Waals surface area contributed by atoms with Crippen LogP contribution in [0.1, 0.15) is 63.8 Å². The molecule has 1 aliphatic carbocycles. The van der Waals surface area contributed by atoms with E-state index in [1.54, 1.807) is 15.9 Å². The minimum Gasteiger partial charge on any atom is -0.353 e. The summed E-state index contributed by atoms with van der Waals surface area (Å²) in [4.78, 5) is 32.5. The molecule has 1 unspecified atom stereocenters. The summed E-state index contributed by atoms with van der Waals surface area (Å²) >= 11 is 3.04. The van der Waals surface area contributed by atoms with Gasteiger partial charge in [-0.3, -0.25) is 14.2 Å². The fourth-order valence-corrected chi connectivity index (χ4v) is 5.83. The van der Waals surface area contributed by atoms with Gasteiger partial charge in [0.15, 0.2) is 5.16 Å². The van der Waals surface area contributed by atoms with Gasteiger partial charge in [-0.15, -0.1) is 11.3 Å². The molecule has 0 radical (unpaired) electrons. The zero-order chi connectivity index (χ0) is 20.3. The summed E-state index contributed by atoms with van der Waals surface area (Å²) < 4.78 is 1.77. The lowest BCUT2D eigenvalue weighted by atomic mass is 10.0. The number of carbonyl (C=O) groups excluding carboxylic acids is 1. The van der Waals surface area contributed by atoms with E-state index in [4.69, 9.17) is 4.98 Å². The van der Waals surface area contributed by atoms with Crippen LogP contribution in [0.15, 0.2) is 9.95 Å². The number of thioether (sulfide) groups is 1. The van der Waals surface area contributed by atoms with Crippen molar-refractivity contribution >= 4 is 39.2 Å². The molecular weight excluding hydrogens is 390 g/mol. The third-order valence-corrected chi connectivity index (χ3v) is 7.32. The highest BCUT2D eigenvalue weighted by molar-refractivity contribution is 7.99. The van der Waals surface area contributed by atoms with Crippen molar-refractivity contribution < 1.29 is 4.79 Å². The predicted molar refractivity (Wildman–Crippen MR) is 119 cm³/mol. The second kappa shape index (κ2) is 9.44. The van der Waals surface area contributed by atoms with E-state index >= 15 is 0 Å². The van der Waals surface area contributed by atoms with Gasteiger partial charge in [-0.05, 0) is 56.9 Å². The first-order chi connectivity index (χ1) is 13.4. The summed E-state index contributed by atoms with van der Waals surface area (Å²) in [5.41, 5.74) is 1.29. The van der Waals surface area contributed by atoms with E-state index in [1.165, 1.54) is 22.2 Å². The minimum absolute atomic E-state index is 0.00678. The molecule has 0 fully saturated rings. The maximum Gasteiger partial charge on any atom is 0.263 e. The molecule has 0 spiro atoms. The summed E-state index contributed by atoms with van der Waals surface area (Å²) in [5.74, 6) is 0.937. The van der Waals surface area contributed by atoms with E-state index in [1.807, 2.05) is 0 Å². The van der Waals surface area contributed by atoms with Crippen LogP contribution in [0, 0.1) is 5.92 Å². The summed E-state index contributed by atoms with van der Waals surface area (Å²) in [6.45, 7) is 9.14. The van der Waals surface area contributed by atoms with Gasteiger partial charge in [0, 0.05) is 17.5 Å². The molecule has 1 aliphatic rings. The van der Waals surface area contributed by atoms with Gasteiger partial charge >= 0.3 is 0 Å². The molecule has 1 atom stereocenters. The van der Waals surface area contributed by atoms with Crippen molar-refractivity contribution in [2.75, 3.05) is 5.75 Å². The normalized spacial score (nSPS) is 14.6. The number of hydrogen-bond donors (Lipinski definition) is 1. The van der Waals surface area contributed by atoms with E-state index in [-0.39, 0.29) is 17.5 Å². The van der Waals surface area contributed by atoms with Gasteiger partial charge in [-0.2, -0.15) is 0 Å². The molecule has 3 rings (SSSR count). The van der Waals surface area contributed by atoms with E-state index in [2.05, 4.69) is 33.0 Å². The number of nitrogens with zero attached hydrogens (tertiary/aromatic N) is 2. The summed E-state index contributed by atoms with van der Waals surface area (Å²) in [7, 11) is 0. The number of rotatable bonds is 9. The summed E-state index contributed by atoms with van der Waals surface area (Å²) in [6, 6.07) is 0.170. The first-order valence-electron chi connectivity index (χ1n) is 10.4. The Bertz CT molecular complexity index is 901. The molecule has 2 aromatic rings. The lowest BCUT2D eigenvalue weighted by Crippen LogP contribution is -2.34. The monoisotopic (exact) mass is 421 g/mol. The largest absolute Gasteiger partial charge is 0.353 e. The number of fused-ring (bicyclic) bond motifs is 3. The maximum absolute atomic E-state index is 13.1. The Hall–Kier alpha value is -1.34. The summed E-state index contributed by atoms with van der Waals surface area (Å²) in [6.07, 6.45) is 6.14. The van der Waals surface area contributed by atoms with Crippen molar-refractivity contribution in [3.63, 3.8) is 0 Å². The van der Waals surface area contributed by atoms with Gasteiger partial charge in [-0.25, -0.2) is 4.98 Å². The Balaban J connectivity index is 1.74. The Morgan fingerprint density at radius 2 is 2.07 bits per heavy atom. The Morgan fingerprint density at radius 3 is 2.79 bits per heavy atom. The number of aromatic nitrogens is 2. The molecule has 1 amide bonds. The SMILES string of the molecule is CCCn1c(SCC(=O)NC(C)CCC(C)C)nc2sc3c(c2c1=O)CCC3. The van der Waals surface area contributed by atoms with Crippen LogP contribution in [0.5, 0.6) is 0 Å². The topological polar surface area (TPSA) is 64.0 Å². The van der Waals surface area contributed by atoms with Crippen molar-refractivity contribution in [3.05, 3.63) is 20.8 Å². The minimum atomic E-state index is 0.00678. The third kappa shape index (κ3) is 4.79. The fraction of sp³-hybridized carbons (Fsp3) is 0.667. The second-order valence-electron chi connectivity index (χ2n) is 8.12. The highest BCUT2D eigenvalue weighted by Gasteiger charge is 2.23. The molecule has 0 aromatic carbocycles. The quantitative estimate of drug-likeness (QED) is 0.482. The van der Waals surface area contributed by atoms with Crippen LogP contribution in [-0.2, 0) is 24.2 Å². The molecule has 28 heavy (non-hydrogen) atoms. The molecule has 5 nitrogen and oxygen atoms in total. The molecular formula is C21H31N3O2S2. The third-order valence-electron chi connectivity index (χ3n) is 5.15. The zero-order valence-corrected chi connectivity index (χ0v) is 19.0. The number of nitrogens with one attached hydrogen (secondary N) is 1. The fourth-order valence-electron chi connectivity index (χ4n) is 3.69. The van der Waals surface area contributed by atoms with E-state index in [0.717, 1.165) is 48.7 Å². The van der Waals surface area contributed by atoms with Gasteiger partial charge in [0.05, 0.1) is 11.1 Å². The highest BCUT2D eigenvalue weighted by Crippen LogP contribution is 2.35. The Kier molecular flexibility index (Phi) is 7.20. The molecule has 0 saturated carbocycles. The van der Waals surface area contributed by atoms with E-state index in [9.17, 15) is 9.59 Å². The van der Waals surface area contributed by atoms with Crippen molar-refractivity contribution in [2.24, 2.45) is 5.92 Å². The highest BCUT2D eigenvalue weighted by atomic mass is 32.2. The van der Waals surface area contributed by atoms with Crippen LogP contribution >= 0.6 is 23.1 Å². The smallest absolute Gasteiger partial charge is 0.263 e. The first kappa shape index (κ1) is 21.4. The molecule has 0 bridgehead atoms. The van der Waals surface area contributed by atoms with E-state index < -0.39 is 0 Å². The number of carbonyl (C=O) groups is 1. The van der Waals surface area contributed by atoms with Crippen LogP contribution in [0.25, 0.3) is 10.2 Å². The summed E-state index contributed by atoms with van der Waals surface area (Å²) in [5, 5.41) is 4.56. The average Bonchev–Trinajstić information content (AvgIpc) is 3.21. The van der Waals surface area contributed by atoms with Gasteiger partial charge in [0.25, 0.3) is 5.56 Å². The van der Waals surface area contributed by atoms with Crippen LogP contribution < -0.4 is 10.9 Å². The molecule has 2 aromatic heterocycles. The van der Waals surface area contributed by atoms with Gasteiger partial charge in [0.1, 0.15) is 4.83 Å². The lowest BCUT2D eigenvalue weighted by Gasteiger charge is -2.15. The zero-order valence-electron chi connectivity index (χ0n) is 17.3. The second-order valence-corrected chi connectivity index (χ2v) is 10.1. The average molecular weight is 422 g/mol. The Labute approximate surface area is 175 Å². The maximum atomic E-state index is 13.1. The predicted octanol–water partition coefficient (Wildman–Crippen LogP) is 4.39. The van der Waals surface area contributed by atoms with Crippen LogP contribution in [-0.4, -0.2) is 27.3 Å². The molecule has 7 heteroatoms. The number of aryl methyl sites for hydroxylation is 2. The molecule has 1 N–H and O–H groups in total. The molecule has 0 saturated heterocycles. The number of hydrogen-bond acceptors (Lipinski definition) is 5. The molecule has 2 heterocycles. The van der Waals surface area contributed by atoms with Crippen molar-refractivity contribution in [1.82, 2.24) is 14.9 Å². The van der Waals surface area contributed by atoms with E-state index in [0.29, 0.717) is 23.4 Å². The molecule has 154 valence electrons. The Morgan fingerprint density at radius 1 is 1.29 bits per heavy atom. The van der Waals surface area contributed by atoms with Gasteiger partial charge in [-0.1, -0.05) is 32.5 Å². The van der Waals surface area contributed by atoms with Crippen LogP contribution in [0.3, 0.4) is 0 Å². The van der Waals surface area contributed by atoms with Crippen molar-refractivity contribution in [2.45, 2.75) is 84.0 Å². The number of amides is 1. The van der Waals surface area contributed by atoms with Crippen LogP contribution in [0.4, 0.5) is 0 Å².